The van der Waals surface area contributed by atoms with Gasteiger partial charge in [0.15, 0.2) is 5.82 Å². The van der Waals surface area contributed by atoms with Gasteiger partial charge in [0.25, 0.3) is 5.91 Å². The smallest absolute Gasteiger partial charge is 0.352 e. The lowest BCUT2D eigenvalue weighted by Gasteiger charge is -2.19. The number of aromatic nitrogens is 2. The van der Waals surface area contributed by atoms with E-state index in [2.05, 4.69) is 46.1 Å². The third-order valence-electron chi connectivity index (χ3n) is 4.51. The summed E-state index contributed by atoms with van der Waals surface area (Å²) in [5, 5.41) is 9.13. The van der Waals surface area contributed by atoms with Crippen LogP contribution in [0.2, 0.25) is 0 Å². The van der Waals surface area contributed by atoms with Crippen LogP contribution in [0.5, 0.6) is 0 Å². The second kappa shape index (κ2) is 8.77. The number of benzene rings is 2. The average molecular weight is 408 g/mol. The summed E-state index contributed by atoms with van der Waals surface area (Å²) in [5.74, 6) is -0.839. The Balaban J connectivity index is 1.50. The second-order valence-corrected chi connectivity index (χ2v) is 7.91. The number of carbonyl (C=O) groups excluding carboxylic acids is 2. The molecular formula is C22H24N4O4. The van der Waals surface area contributed by atoms with E-state index in [9.17, 15) is 14.4 Å². The van der Waals surface area contributed by atoms with Crippen LogP contribution < -0.4 is 16.4 Å². The molecule has 3 rings (SSSR count). The molecule has 0 spiro atoms. The maximum Gasteiger partial charge on any atom is 0.439 e. The molecule has 0 saturated heterocycles. The van der Waals surface area contributed by atoms with Crippen LogP contribution >= 0.6 is 0 Å². The van der Waals surface area contributed by atoms with Crippen molar-refractivity contribution in [2.45, 2.75) is 32.6 Å². The van der Waals surface area contributed by atoms with Crippen molar-refractivity contribution >= 4 is 17.5 Å². The SMILES string of the molecule is CC(C)(C)c1ccc(C(=O)NCCC(=O)Nc2cccc(-c3noc(=O)[nH]3)c2)cc1. The highest BCUT2D eigenvalue weighted by atomic mass is 16.5. The van der Waals surface area contributed by atoms with E-state index in [1.54, 1.807) is 36.4 Å². The number of anilines is 1. The molecule has 3 aromatic rings. The van der Waals surface area contributed by atoms with Crippen molar-refractivity contribution in [3.8, 4) is 11.4 Å². The molecule has 0 atom stereocenters. The number of nitrogens with one attached hydrogen (secondary N) is 3. The van der Waals surface area contributed by atoms with Crippen LogP contribution in [-0.2, 0) is 10.2 Å². The predicted octanol–water partition coefficient (Wildman–Crippen LogP) is 3.09. The number of hydrogen-bond acceptors (Lipinski definition) is 5. The number of carbonyl (C=O) groups is 2. The number of nitrogens with zero attached hydrogens (tertiary/aromatic N) is 1. The number of amides is 2. The first-order chi connectivity index (χ1) is 14.2. The molecule has 2 amide bonds. The lowest BCUT2D eigenvalue weighted by molar-refractivity contribution is -0.116. The summed E-state index contributed by atoms with van der Waals surface area (Å²) in [7, 11) is 0. The summed E-state index contributed by atoms with van der Waals surface area (Å²) in [6.45, 7) is 6.55. The summed E-state index contributed by atoms with van der Waals surface area (Å²) in [5.41, 5.74) is 2.87. The van der Waals surface area contributed by atoms with E-state index in [0.29, 0.717) is 16.8 Å². The summed E-state index contributed by atoms with van der Waals surface area (Å²) < 4.78 is 4.49. The van der Waals surface area contributed by atoms with Gasteiger partial charge in [0, 0.05) is 29.8 Å². The highest BCUT2D eigenvalue weighted by Crippen LogP contribution is 2.22. The van der Waals surface area contributed by atoms with Gasteiger partial charge in [-0.1, -0.05) is 50.2 Å². The summed E-state index contributed by atoms with van der Waals surface area (Å²) >= 11 is 0. The van der Waals surface area contributed by atoms with E-state index in [1.807, 2.05) is 12.1 Å². The highest BCUT2D eigenvalue weighted by molar-refractivity contribution is 5.95. The summed E-state index contributed by atoms with van der Waals surface area (Å²) in [4.78, 5) is 38.0. The van der Waals surface area contributed by atoms with Crippen molar-refractivity contribution in [1.29, 1.82) is 0 Å². The Kier molecular flexibility index (Phi) is 6.15. The van der Waals surface area contributed by atoms with Gasteiger partial charge in [-0.2, -0.15) is 0 Å². The molecule has 0 fully saturated rings. The zero-order valence-electron chi connectivity index (χ0n) is 17.1. The highest BCUT2D eigenvalue weighted by Gasteiger charge is 2.14. The monoisotopic (exact) mass is 408 g/mol. The Morgan fingerprint density at radius 1 is 1.10 bits per heavy atom. The minimum atomic E-state index is -0.650. The van der Waals surface area contributed by atoms with Crippen molar-refractivity contribution < 1.29 is 14.1 Å². The fourth-order valence-corrected chi connectivity index (χ4v) is 2.84. The van der Waals surface area contributed by atoms with E-state index < -0.39 is 5.76 Å². The van der Waals surface area contributed by atoms with Crippen LogP contribution in [-0.4, -0.2) is 28.5 Å². The first-order valence-electron chi connectivity index (χ1n) is 9.57. The lowest BCUT2D eigenvalue weighted by Crippen LogP contribution is -2.27. The molecule has 1 aromatic heterocycles. The minimum absolute atomic E-state index is 0.0212. The number of hydrogen-bond donors (Lipinski definition) is 3. The van der Waals surface area contributed by atoms with Crippen LogP contribution in [0.15, 0.2) is 57.8 Å². The zero-order chi connectivity index (χ0) is 21.7. The maximum absolute atomic E-state index is 12.3. The lowest BCUT2D eigenvalue weighted by atomic mass is 9.87. The van der Waals surface area contributed by atoms with Crippen LogP contribution in [0, 0.1) is 0 Å². The van der Waals surface area contributed by atoms with Gasteiger partial charge in [-0.3, -0.25) is 19.1 Å². The van der Waals surface area contributed by atoms with Crippen molar-refractivity contribution in [2.75, 3.05) is 11.9 Å². The minimum Gasteiger partial charge on any atom is -0.352 e. The maximum atomic E-state index is 12.3. The third-order valence-corrected chi connectivity index (χ3v) is 4.51. The van der Waals surface area contributed by atoms with Crippen LogP contribution in [0.1, 0.15) is 43.1 Å². The second-order valence-electron chi connectivity index (χ2n) is 7.91. The number of aromatic amines is 1. The first kappa shape index (κ1) is 21.0. The molecular weight excluding hydrogens is 384 g/mol. The molecule has 3 N–H and O–H groups in total. The van der Waals surface area contributed by atoms with Gasteiger partial charge in [0.2, 0.25) is 5.91 Å². The molecule has 0 aliphatic carbocycles. The van der Waals surface area contributed by atoms with Crippen LogP contribution in [0.3, 0.4) is 0 Å². The quantitative estimate of drug-likeness (QED) is 0.579. The molecule has 0 unspecified atom stereocenters. The third kappa shape index (κ3) is 5.44. The average Bonchev–Trinajstić information content (AvgIpc) is 3.14. The normalized spacial score (nSPS) is 11.2. The topological polar surface area (TPSA) is 117 Å². The molecule has 8 heteroatoms. The first-order valence-corrected chi connectivity index (χ1v) is 9.57. The molecule has 0 aliphatic rings. The van der Waals surface area contributed by atoms with Crippen LogP contribution in [0.25, 0.3) is 11.4 Å². The van der Waals surface area contributed by atoms with E-state index in [4.69, 9.17) is 0 Å². The van der Waals surface area contributed by atoms with Crippen molar-refractivity contribution in [3.63, 3.8) is 0 Å². The predicted molar refractivity (Wildman–Crippen MR) is 113 cm³/mol. The van der Waals surface area contributed by atoms with Crippen molar-refractivity contribution in [2.24, 2.45) is 0 Å². The Labute approximate surface area is 173 Å². The molecule has 0 aliphatic heterocycles. The standard InChI is InChI=1S/C22H24N4O4/c1-22(2,3)16-9-7-14(8-10-16)20(28)23-12-11-18(27)24-17-6-4-5-15(13-17)19-25-21(29)30-26-19/h4-10,13H,11-12H2,1-3H3,(H,23,28)(H,24,27)(H,25,26,29). The van der Waals surface area contributed by atoms with Gasteiger partial charge in [-0.25, -0.2) is 4.79 Å². The fourth-order valence-electron chi connectivity index (χ4n) is 2.84. The van der Waals surface area contributed by atoms with Gasteiger partial charge >= 0.3 is 5.76 Å². The Hall–Kier alpha value is -3.68. The van der Waals surface area contributed by atoms with Gasteiger partial charge in [-0.05, 0) is 35.2 Å². The fraction of sp³-hybridized carbons (Fsp3) is 0.273. The van der Waals surface area contributed by atoms with E-state index >= 15 is 0 Å². The molecule has 8 nitrogen and oxygen atoms in total. The number of rotatable bonds is 6. The molecule has 2 aromatic carbocycles. The molecule has 156 valence electrons. The van der Waals surface area contributed by atoms with Crippen LogP contribution in [0.4, 0.5) is 5.69 Å². The van der Waals surface area contributed by atoms with Gasteiger partial charge < -0.3 is 10.6 Å². The van der Waals surface area contributed by atoms with E-state index in [-0.39, 0.29) is 36.0 Å². The summed E-state index contributed by atoms with van der Waals surface area (Å²) in [6, 6.07) is 14.3. The van der Waals surface area contributed by atoms with Gasteiger partial charge in [0.1, 0.15) is 0 Å². The van der Waals surface area contributed by atoms with Gasteiger partial charge in [0.05, 0.1) is 0 Å². The van der Waals surface area contributed by atoms with E-state index in [0.717, 1.165) is 5.56 Å². The molecule has 30 heavy (non-hydrogen) atoms. The zero-order valence-corrected chi connectivity index (χ0v) is 17.1. The largest absolute Gasteiger partial charge is 0.439 e. The Bertz CT molecular complexity index is 1090. The van der Waals surface area contributed by atoms with Gasteiger partial charge in [-0.15, -0.1) is 0 Å². The Morgan fingerprint density at radius 2 is 1.83 bits per heavy atom. The van der Waals surface area contributed by atoms with Crippen molar-refractivity contribution in [3.05, 3.63) is 70.2 Å². The molecule has 0 saturated carbocycles. The molecule has 0 bridgehead atoms. The molecule has 0 radical (unpaired) electrons. The van der Waals surface area contributed by atoms with Crippen molar-refractivity contribution in [1.82, 2.24) is 15.5 Å². The molecule has 1 heterocycles. The Morgan fingerprint density at radius 3 is 2.47 bits per heavy atom. The number of H-pyrrole nitrogens is 1. The van der Waals surface area contributed by atoms with E-state index in [1.165, 1.54) is 0 Å². The summed E-state index contributed by atoms with van der Waals surface area (Å²) in [6.07, 6.45) is 0.122.